The highest BCUT2D eigenvalue weighted by Gasteiger charge is 2.18. The first-order chi connectivity index (χ1) is 19.8. The summed E-state index contributed by atoms with van der Waals surface area (Å²) in [4.78, 5) is 28.1. The second-order valence-corrected chi connectivity index (χ2v) is 11.1. The van der Waals surface area contributed by atoms with Crippen LogP contribution in [0.5, 0.6) is 11.5 Å². The fraction of sp³-hybridized carbons (Fsp3) is 0.412. The number of fused-ring (bicyclic) bond motifs is 1. The minimum atomic E-state index is -0.152. The van der Waals surface area contributed by atoms with E-state index in [1.54, 1.807) is 7.11 Å². The maximum Gasteiger partial charge on any atom is 0.251 e. The molecule has 0 radical (unpaired) electrons. The van der Waals surface area contributed by atoms with Gasteiger partial charge in [0.05, 0.1) is 20.3 Å². The first-order valence-electron chi connectivity index (χ1n) is 14.6. The van der Waals surface area contributed by atoms with E-state index in [2.05, 4.69) is 47.6 Å². The van der Waals surface area contributed by atoms with Crippen LogP contribution in [0.1, 0.15) is 77.2 Å². The molecule has 1 aliphatic rings. The molecule has 41 heavy (non-hydrogen) atoms. The Morgan fingerprint density at radius 1 is 1.05 bits per heavy atom. The summed E-state index contributed by atoms with van der Waals surface area (Å²) in [5.74, 6) is 1.75. The first-order valence-corrected chi connectivity index (χ1v) is 14.6. The Bertz CT molecular complexity index is 1320. The molecule has 0 atom stereocenters. The van der Waals surface area contributed by atoms with Crippen molar-refractivity contribution in [2.75, 3.05) is 26.8 Å². The predicted octanol–water partition coefficient (Wildman–Crippen LogP) is 5.74. The molecule has 2 N–H and O–H groups in total. The molecule has 3 aromatic rings. The molecule has 0 bridgehead atoms. The maximum atomic E-state index is 13.3. The van der Waals surface area contributed by atoms with Crippen molar-refractivity contribution in [1.82, 2.24) is 15.5 Å². The Balaban J connectivity index is 1.53. The monoisotopic (exact) mass is 557 g/mol. The Kier molecular flexibility index (Phi) is 10.8. The Morgan fingerprint density at radius 3 is 2.61 bits per heavy atom. The average molecular weight is 558 g/mol. The van der Waals surface area contributed by atoms with Gasteiger partial charge >= 0.3 is 0 Å². The van der Waals surface area contributed by atoms with E-state index in [0.29, 0.717) is 50.0 Å². The van der Waals surface area contributed by atoms with Gasteiger partial charge in [0, 0.05) is 37.3 Å². The first kappa shape index (κ1) is 30.1. The third kappa shape index (κ3) is 8.57. The third-order valence-corrected chi connectivity index (χ3v) is 7.49. The zero-order valence-corrected chi connectivity index (χ0v) is 24.8. The van der Waals surface area contributed by atoms with Crippen LogP contribution in [0, 0.1) is 6.92 Å². The summed E-state index contributed by atoms with van der Waals surface area (Å²) < 4.78 is 11.8. The van der Waals surface area contributed by atoms with E-state index in [0.717, 1.165) is 52.8 Å². The molecule has 7 nitrogen and oxygen atoms in total. The number of aryl methyl sites for hydroxylation is 1. The summed E-state index contributed by atoms with van der Waals surface area (Å²) in [6.07, 6.45) is 2.75. The van der Waals surface area contributed by atoms with Crippen LogP contribution in [0.25, 0.3) is 0 Å². The number of amides is 2. The molecule has 2 amide bonds. The van der Waals surface area contributed by atoms with Gasteiger partial charge in [-0.05, 0) is 78.6 Å². The van der Waals surface area contributed by atoms with Crippen LogP contribution >= 0.6 is 0 Å². The van der Waals surface area contributed by atoms with Gasteiger partial charge in [0.15, 0.2) is 0 Å². The molecule has 7 heteroatoms. The third-order valence-electron chi connectivity index (χ3n) is 7.49. The lowest BCUT2D eigenvalue weighted by molar-refractivity contribution is -0.122. The lowest BCUT2D eigenvalue weighted by Gasteiger charge is -2.23. The number of nitrogens with zero attached hydrogens (tertiary/aromatic N) is 1. The molecule has 1 heterocycles. The smallest absolute Gasteiger partial charge is 0.251 e. The van der Waals surface area contributed by atoms with Crippen LogP contribution in [0.3, 0.4) is 0 Å². The van der Waals surface area contributed by atoms with E-state index in [1.165, 1.54) is 0 Å². The maximum absolute atomic E-state index is 13.3. The summed E-state index contributed by atoms with van der Waals surface area (Å²) in [6, 6.07) is 19.9. The number of carbonyl (C=O) groups is 2. The summed E-state index contributed by atoms with van der Waals surface area (Å²) in [7, 11) is 1.69. The Morgan fingerprint density at radius 2 is 1.85 bits per heavy atom. The highest BCUT2D eigenvalue weighted by molar-refractivity contribution is 5.94. The second kappa shape index (κ2) is 14.7. The zero-order chi connectivity index (χ0) is 29.2. The molecular formula is C34H43N3O4. The van der Waals surface area contributed by atoms with Crippen molar-refractivity contribution in [2.45, 2.75) is 65.6 Å². The van der Waals surface area contributed by atoms with E-state index in [4.69, 9.17) is 9.47 Å². The summed E-state index contributed by atoms with van der Waals surface area (Å²) >= 11 is 0. The van der Waals surface area contributed by atoms with Crippen molar-refractivity contribution in [3.63, 3.8) is 0 Å². The molecular weight excluding hydrogens is 514 g/mol. The number of hydrogen-bond donors (Lipinski definition) is 2. The number of nitrogens with one attached hydrogen (secondary N) is 2. The van der Waals surface area contributed by atoms with Crippen LogP contribution in [0.4, 0.5) is 0 Å². The Hall–Kier alpha value is -3.84. The van der Waals surface area contributed by atoms with Gasteiger partial charge in [-0.1, -0.05) is 50.2 Å². The van der Waals surface area contributed by atoms with Gasteiger partial charge in [-0.2, -0.15) is 0 Å². The number of benzene rings is 3. The van der Waals surface area contributed by atoms with Crippen LogP contribution < -0.4 is 20.1 Å². The molecule has 0 unspecified atom stereocenters. The molecule has 218 valence electrons. The second-order valence-electron chi connectivity index (χ2n) is 11.1. The summed E-state index contributed by atoms with van der Waals surface area (Å²) in [5, 5.41) is 6.14. The average Bonchev–Trinajstić information content (AvgIpc) is 2.97. The van der Waals surface area contributed by atoms with Gasteiger partial charge in [0.1, 0.15) is 11.5 Å². The summed E-state index contributed by atoms with van der Waals surface area (Å²) in [5.41, 5.74) is 5.91. The van der Waals surface area contributed by atoms with Crippen LogP contribution in [-0.2, 0) is 24.4 Å². The SMILES string of the molecule is COc1cc(C)c(CNC(=O)c2ccc3c(c2)OCCCCCNC(=O)CN(Cc2ccccc2)C3)cc1C(C)C. The fourth-order valence-corrected chi connectivity index (χ4v) is 5.13. The minimum Gasteiger partial charge on any atom is -0.496 e. The van der Waals surface area contributed by atoms with Crippen LogP contribution in [0.15, 0.2) is 60.7 Å². The quantitative estimate of drug-likeness (QED) is 0.387. The number of hydrogen-bond acceptors (Lipinski definition) is 5. The van der Waals surface area contributed by atoms with Crippen molar-refractivity contribution in [3.05, 3.63) is 94.0 Å². The van der Waals surface area contributed by atoms with Crippen LogP contribution in [0.2, 0.25) is 0 Å². The van der Waals surface area contributed by atoms with Gasteiger partial charge in [0.2, 0.25) is 5.91 Å². The minimum absolute atomic E-state index is 0.0214. The van der Waals surface area contributed by atoms with Crippen molar-refractivity contribution in [2.24, 2.45) is 0 Å². The van der Waals surface area contributed by atoms with Gasteiger partial charge in [-0.15, -0.1) is 0 Å². The lowest BCUT2D eigenvalue weighted by Crippen LogP contribution is -2.37. The van der Waals surface area contributed by atoms with Crippen LogP contribution in [-0.4, -0.2) is 43.5 Å². The Labute approximate surface area is 244 Å². The fourth-order valence-electron chi connectivity index (χ4n) is 5.13. The molecule has 0 saturated carbocycles. The molecule has 4 rings (SSSR count). The van der Waals surface area contributed by atoms with Gasteiger partial charge in [-0.25, -0.2) is 0 Å². The number of ether oxygens (including phenoxy) is 2. The highest BCUT2D eigenvalue weighted by atomic mass is 16.5. The molecule has 0 aromatic heterocycles. The molecule has 3 aromatic carbocycles. The van der Waals surface area contributed by atoms with Gasteiger partial charge in [0.25, 0.3) is 5.91 Å². The van der Waals surface area contributed by atoms with E-state index >= 15 is 0 Å². The lowest BCUT2D eigenvalue weighted by atomic mass is 9.96. The highest BCUT2D eigenvalue weighted by Crippen LogP contribution is 2.30. The van der Waals surface area contributed by atoms with Crippen molar-refractivity contribution in [3.8, 4) is 11.5 Å². The number of rotatable bonds is 7. The normalized spacial score (nSPS) is 15.0. The summed E-state index contributed by atoms with van der Waals surface area (Å²) in [6.45, 7) is 9.41. The number of methoxy groups -OCH3 is 1. The van der Waals surface area contributed by atoms with Gasteiger partial charge < -0.3 is 20.1 Å². The van der Waals surface area contributed by atoms with E-state index in [9.17, 15) is 9.59 Å². The molecule has 0 spiro atoms. The molecule has 1 aliphatic heterocycles. The van der Waals surface area contributed by atoms with E-state index in [-0.39, 0.29) is 18.4 Å². The molecule has 0 saturated heterocycles. The standard InChI is InChI=1S/C34H43N3O4/c1-24(2)30-18-29(25(3)17-32(30)40-4)20-36-34(39)27-13-14-28-22-37(21-26-11-7-5-8-12-26)23-33(38)35-15-9-6-10-16-41-31(28)19-27/h5,7-8,11-14,17-19,24H,6,9-10,15-16,20-23H2,1-4H3,(H,35,38)(H,36,39). The van der Waals surface area contributed by atoms with Crippen molar-refractivity contribution in [1.29, 1.82) is 0 Å². The van der Waals surface area contributed by atoms with Gasteiger partial charge in [-0.3, -0.25) is 14.5 Å². The van der Waals surface area contributed by atoms with E-state index < -0.39 is 0 Å². The zero-order valence-electron chi connectivity index (χ0n) is 24.8. The predicted molar refractivity (Wildman–Crippen MR) is 162 cm³/mol. The molecule has 0 aliphatic carbocycles. The van der Waals surface area contributed by atoms with Crippen molar-refractivity contribution < 1.29 is 19.1 Å². The van der Waals surface area contributed by atoms with E-state index in [1.807, 2.05) is 49.4 Å². The molecule has 0 fully saturated rings. The number of carbonyl (C=O) groups excluding carboxylic acids is 2. The topological polar surface area (TPSA) is 79.9 Å². The van der Waals surface area contributed by atoms with Crippen molar-refractivity contribution >= 4 is 11.8 Å². The largest absolute Gasteiger partial charge is 0.496 e.